The molecular formula is C21H20IN3O. The molecule has 0 atom stereocenters. The van der Waals surface area contributed by atoms with Gasteiger partial charge in [-0.1, -0.05) is 30.3 Å². The van der Waals surface area contributed by atoms with E-state index in [1.807, 2.05) is 37.3 Å². The summed E-state index contributed by atoms with van der Waals surface area (Å²) in [5, 5.41) is 4.15. The molecule has 0 radical (unpaired) electrons. The number of aromatic nitrogens is 1. The monoisotopic (exact) mass is 457 g/mol. The van der Waals surface area contributed by atoms with Gasteiger partial charge in [0.2, 0.25) is 0 Å². The van der Waals surface area contributed by atoms with E-state index >= 15 is 0 Å². The number of para-hydroxylation sites is 1. The van der Waals surface area contributed by atoms with Crippen LogP contribution in [0, 0.1) is 24.3 Å². The van der Waals surface area contributed by atoms with Gasteiger partial charge in [0.25, 0.3) is 5.91 Å². The van der Waals surface area contributed by atoms with Crippen LogP contribution in [0.5, 0.6) is 0 Å². The minimum absolute atomic E-state index is 0.203. The highest BCUT2D eigenvalue weighted by Crippen LogP contribution is 2.23. The van der Waals surface area contributed by atoms with E-state index in [4.69, 9.17) is 0 Å². The number of rotatable bonds is 4. The molecule has 3 aromatic rings. The molecule has 0 saturated heterocycles. The fourth-order valence-electron chi connectivity index (χ4n) is 2.97. The maximum Gasteiger partial charge on any atom is 0.271 e. The zero-order valence-corrected chi connectivity index (χ0v) is 17.1. The summed E-state index contributed by atoms with van der Waals surface area (Å²) < 4.78 is 3.38. The number of nitrogens with one attached hydrogen (secondary N) is 1. The minimum Gasteiger partial charge on any atom is -0.317 e. The van der Waals surface area contributed by atoms with Crippen molar-refractivity contribution in [1.29, 1.82) is 0 Å². The summed E-state index contributed by atoms with van der Waals surface area (Å²) in [5.74, 6) is -0.203. The Kier molecular flexibility index (Phi) is 5.56. The lowest BCUT2D eigenvalue weighted by atomic mass is 10.1. The summed E-state index contributed by atoms with van der Waals surface area (Å²) in [6.07, 6.45) is 1.70. The average Bonchev–Trinajstić information content (AvgIpc) is 2.90. The molecule has 0 bridgehead atoms. The number of carbonyl (C=O) groups excluding carboxylic acids is 1. The van der Waals surface area contributed by atoms with Gasteiger partial charge in [0.05, 0.1) is 11.9 Å². The molecular weight excluding hydrogens is 437 g/mol. The van der Waals surface area contributed by atoms with Gasteiger partial charge in [-0.05, 0) is 73.2 Å². The lowest BCUT2D eigenvalue weighted by molar-refractivity contribution is 0.0954. The Morgan fingerprint density at radius 2 is 1.77 bits per heavy atom. The normalized spacial score (nSPS) is 11.1. The first-order valence-electron chi connectivity index (χ1n) is 8.32. The van der Waals surface area contributed by atoms with Crippen molar-refractivity contribution in [2.75, 3.05) is 0 Å². The zero-order valence-electron chi connectivity index (χ0n) is 15.0. The smallest absolute Gasteiger partial charge is 0.271 e. The van der Waals surface area contributed by atoms with Gasteiger partial charge in [0.15, 0.2) is 0 Å². The third-order valence-electron chi connectivity index (χ3n) is 4.32. The van der Waals surface area contributed by atoms with E-state index in [-0.39, 0.29) is 5.91 Å². The van der Waals surface area contributed by atoms with Crippen LogP contribution in [0.4, 0.5) is 0 Å². The molecule has 1 heterocycles. The largest absolute Gasteiger partial charge is 0.317 e. The Balaban J connectivity index is 1.82. The average molecular weight is 457 g/mol. The number of amides is 1. The molecule has 26 heavy (non-hydrogen) atoms. The van der Waals surface area contributed by atoms with Crippen molar-refractivity contribution in [3.8, 4) is 5.69 Å². The maximum absolute atomic E-state index is 12.2. The number of carbonyl (C=O) groups is 1. The Morgan fingerprint density at radius 1 is 1.08 bits per heavy atom. The van der Waals surface area contributed by atoms with E-state index in [1.165, 1.54) is 3.57 Å². The van der Waals surface area contributed by atoms with Crippen molar-refractivity contribution in [3.63, 3.8) is 0 Å². The molecule has 0 aliphatic rings. The molecule has 1 aromatic heterocycles. The van der Waals surface area contributed by atoms with Crippen LogP contribution in [0.25, 0.3) is 5.69 Å². The van der Waals surface area contributed by atoms with Crippen molar-refractivity contribution in [2.24, 2.45) is 5.10 Å². The molecule has 0 spiro atoms. The summed E-state index contributed by atoms with van der Waals surface area (Å²) in [6, 6.07) is 17.8. The molecule has 3 rings (SSSR count). The Morgan fingerprint density at radius 3 is 2.50 bits per heavy atom. The molecule has 0 saturated carbocycles. The van der Waals surface area contributed by atoms with Gasteiger partial charge in [0.1, 0.15) is 0 Å². The Bertz CT molecular complexity index is 989. The second-order valence-corrected chi connectivity index (χ2v) is 7.29. The van der Waals surface area contributed by atoms with Gasteiger partial charge in [-0.3, -0.25) is 4.79 Å². The zero-order chi connectivity index (χ0) is 18.7. The standard InChI is InChI=1S/C21H20IN3O/c1-14-8-4-5-9-18(14)21(26)24-23-13-17-12-15(2)25(16(17)3)20-11-7-6-10-19(20)22/h4-13H,1-3H3,(H,24,26)/b23-13-. The quantitative estimate of drug-likeness (QED) is 0.343. The van der Waals surface area contributed by atoms with Crippen molar-refractivity contribution >= 4 is 34.7 Å². The summed E-state index contributed by atoms with van der Waals surface area (Å²) in [5.41, 5.74) is 8.51. The lowest BCUT2D eigenvalue weighted by Crippen LogP contribution is -2.18. The number of hydrogen-bond donors (Lipinski definition) is 1. The van der Waals surface area contributed by atoms with Crippen molar-refractivity contribution in [1.82, 2.24) is 9.99 Å². The fourth-order valence-corrected chi connectivity index (χ4v) is 3.60. The second kappa shape index (κ2) is 7.86. The van der Waals surface area contributed by atoms with E-state index in [0.717, 1.165) is 28.2 Å². The number of halogens is 1. The number of hydrazone groups is 1. The van der Waals surface area contributed by atoms with Crippen molar-refractivity contribution in [2.45, 2.75) is 20.8 Å². The van der Waals surface area contributed by atoms with Gasteiger partial charge >= 0.3 is 0 Å². The third-order valence-corrected chi connectivity index (χ3v) is 5.24. The van der Waals surface area contributed by atoms with Crippen LogP contribution in [0.15, 0.2) is 59.7 Å². The van der Waals surface area contributed by atoms with E-state index < -0.39 is 0 Å². The van der Waals surface area contributed by atoms with Gasteiger partial charge in [-0.2, -0.15) is 5.10 Å². The molecule has 1 amide bonds. The number of hydrogen-bond acceptors (Lipinski definition) is 2. The Labute approximate surface area is 167 Å². The number of nitrogens with zero attached hydrogens (tertiary/aromatic N) is 2. The first-order valence-corrected chi connectivity index (χ1v) is 9.40. The van der Waals surface area contributed by atoms with Crippen LogP contribution in [0.3, 0.4) is 0 Å². The molecule has 5 heteroatoms. The van der Waals surface area contributed by atoms with E-state index in [2.05, 4.69) is 69.7 Å². The topological polar surface area (TPSA) is 46.4 Å². The predicted octanol–water partition coefficient (Wildman–Crippen LogP) is 4.77. The molecule has 2 aromatic carbocycles. The van der Waals surface area contributed by atoms with Crippen LogP contribution in [-0.2, 0) is 0 Å². The van der Waals surface area contributed by atoms with E-state index in [1.54, 1.807) is 12.3 Å². The summed E-state index contributed by atoms with van der Waals surface area (Å²) in [6.45, 7) is 6.04. The molecule has 4 nitrogen and oxygen atoms in total. The van der Waals surface area contributed by atoms with E-state index in [0.29, 0.717) is 5.56 Å². The molecule has 132 valence electrons. The summed E-state index contributed by atoms with van der Waals surface area (Å²) in [7, 11) is 0. The molecule has 1 N–H and O–H groups in total. The van der Waals surface area contributed by atoms with Gasteiger partial charge in [-0.25, -0.2) is 5.43 Å². The number of aryl methyl sites for hydroxylation is 2. The molecule has 0 fully saturated rings. The first-order chi connectivity index (χ1) is 12.5. The highest BCUT2D eigenvalue weighted by atomic mass is 127. The maximum atomic E-state index is 12.2. The van der Waals surface area contributed by atoms with Crippen molar-refractivity contribution in [3.05, 3.63) is 86.2 Å². The molecule has 0 unspecified atom stereocenters. The molecule has 0 aliphatic heterocycles. The van der Waals surface area contributed by atoms with Gasteiger partial charge in [0, 0.05) is 26.1 Å². The third kappa shape index (κ3) is 3.72. The highest BCUT2D eigenvalue weighted by Gasteiger charge is 2.12. The second-order valence-electron chi connectivity index (χ2n) is 6.13. The fraction of sp³-hybridized carbons (Fsp3) is 0.143. The first kappa shape index (κ1) is 18.4. The predicted molar refractivity (Wildman–Crippen MR) is 114 cm³/mol. The summed E-state index contributed by atoms with van der Waals surface area (Å²) >= 11 is 2.34. The van der Waals surface area contributed by atoms with Crippen molar-refractivity contribution < 1.29 is 4.79 Å². The van der Waals surface area contributed by atoms with Gasteiger partial charge < -0.3 is 4.57 Å². The Hall–Kier alpha value is -2.41. The molecule has 0 aliphatic carbocycles. The van der Waals surface area contributed by atoms with Gasteiger partial charge in [-0.15, -0.1) is 0 Å². The lowest BCUT2D eigenvalue weighted by Gasteiger charge is -2.11. The van der Waals surface area contributed by atoms with Crippen LogP contribution < -0.4 is 5.43 Å². The number of benzene rings is 2. The van der Waals surface area contributed by atoms with E-state index in [9.17, 15) is 4.79 Å². The highest BCUT2D eigenvalue weighted by molar-refractivity contribution is 14.1. The van der Waals surface area contributed by atoms with Crippen LogP contribution in [-0.4, -0.2) is 16.7 Å². The van der Waals surface area contributed by atoms with Crippen LogP contribution in [0.2, 0.25) is 0 Å². The van der Waals surface area contributed by atoms with Crippen LogP contribution in [0.1, 0.15) is 32.9 Å². The van der Waals surface area contributed by atoms with Crippen LogP contribution >= 0.6 is 22.6 Å². The summed E-state index contributed by atoms with van der Waals surface area (Å²) in [4.78, 5) is 12.2. The SMILES string of the molecule is Cc1ccccc1C(=O)N/N=C\c1cc(C)n(-c2ccccc2I)c1C. The minimum atomic E-state index is -0.203.